The van der Waals surface area contributed by atoms with Gasteiger partial charge in [-0.15, -0.1) is 10.2 Å². The van der Waals surface area contributed by atoms with Gasteiger partial charge in [-0.05, 0) is 48.8 Å². The van der Waals surface area contributed by atoms with Gasteiger partial charge in [-0.1, -0.05) is 12.1 Å². The lowest BCUT2D eigenvalue weighted by atomic mass is 10.2. The van der Waals surface area contributed by atoms with Crippen molar-refractivity contribution in [2.45, 2.75) is 23.5 Å². The van der Waals surface area contributed by atoms with Crippen molar-refractivity contribution < 1.29 is 26.4 Å². The molecule has 0 spiro atoms. The molecule has 0 fully saturated rings. The van der Waals surface area contributed by atoms with Crippen molar-refractivity contribution in [1.82, 2.24) is 24.6 Å². The van der Waals surface area contributed by atoms with Gasteiger partial charge in [-0.2, -0.15) is 24.9 Å². The average Bonchev–Trinajstić information content (AvgIpc) is 3.19. The molecule has 1 aromatic carbocycles. The molecule has 3 aromatic rings. The maximum Gasteiger partial charge on any atom is 0.416 e. The molecule has 0 aliphatic heterocycles. The van der Waals surface area contributed by atoms with Crippen LogP contribution in [0, 0.1) is 0 Å². The van der Waals surface area contributed by atoms with Crippen molar-refractivity contribution >= 4 is 33.3 Å². The maximum atomic E-state index is 12.9. The van der Waals surface area contributed by atoms with Crippen LogP contribution in [0.25, 0.3) is 5.65 Å². The van der Waals surface area contributed by atoms with E-state index in [0.29, 0.717) is 29.7 Å². The smallest absolute Gasteiger partial charge is 0.345 e. The Labute approximate surface area is 186 Å². The van der Waals surface area contributed by atoms with Gasteiger partial charge in [0.1, 0.15) is 0 Å². The Bertz CT molecular complexity index is 1200. The Balaban J connectivity index is 1.71. The summed E-state index contributed by atoms with van der Waals surface area (Å²) in [4.78, 5) is 11.9. The first-order valence-corrected chi connectivity index (χ1v) is 12.2. The molecule has 172 valence electrons. The topological polar surface area (TPSA) is 105 Å². The third kappa shape index (κ3) is 5.78. The molecule has 0 radical (unpaired) electrons. The number of amides is 1. The average molecular weight is 488 g/mol. The minimum absolute atomic E-state index is 0.490. The second kappa shape index (κ2) is 9.88. The first-order valence-electron chi connectivity index (χ1n) is 9.36. The van der Waals surface area contributed by atoms with Crippen molar-refractivity contribution in [3.63, 3.8) is 0 Å². The third-order valence-electron chi connectivity index (χ3n) is 4.49. The quantitative estimate of drug-likeness (QED) is 0.481. The van der Waals surface area contributed by atoms with Crippen LogP contribution in [-0.2, 0) is 21.0 Å². The van der Waals surface area contributed by atoms with E-state index in [4.69, 9.17) is 0 Å². The minimum Gasteiger partial charge on any atom is -0.345 e. The number of alkyl halides is 3. The Morgan fingerprint density at radius 2 is 1.97 bits per heavy atom. The van der Waals surface area contributed by atoms with E-state index >= 15 is 0 Å². The van der Waals surface area contributed by atoms with E-state index in [1.807, 2.05) is 11.0 Å². The summed E-state index contributed by atoms with van der Waals surface area (Å²) in [5, 5.41) is 10.9. The van der Waals surface area contributed by atoms with E-state index in [-0.39, 0.29) is 0 Å². The lowest BCUT2D eigenvalue weighted by Gasteiger charge is -2.17. The lowest BCUT2D eigenvalue weighted by Crippen LogP contribution is -2.39. The zero-order chi connectivity index (χ0) is 23.4. The molecular formula is C19H20F3N5O3S2. The predicted octanol–water partition coefficient (Wildman–Crippen LogP) is 2.64. The van der Waals surface area contributed by atoms with Crippen molar-refractivity contribution in [2.24, 2.45) is 0 Å². The number of nitrogens with zero attached hydrogens (tertiary/aromatic N) is 3. The summed E-state index contributed by atoms with van der Waals surface area (Å²) in [7, 11) is -4.33. The van der Waals surface area contributed by atoms with Crippen molar-refractivity contribution in [3.05, 3.63) is 60.0 Å². The molecular weight excluding hydrogens is 467 g/mol. The molecule has 2 N–H and O–H groups in total. The van der Waals surface area contributed by atoms with Gasteiger partial charge in [-0.3, -0.25) is 9.20 Å². The van der Waals surface area contributed by atoms with E-state index in [0.717, 1.165) is 18.2 Å². The SMILES string of the molecule is CSCCC(NC(=O)CNS(=O)(=O)c1cccc(C(F)(F)F)c1)c1nnc2ccccn12. The number of thioether (sulfide) groups is 1. The van der Waals surface area contributed by atoms with Crippen LogP contribution in [0.3, 0.4) is 0 Å². The summed E-state index contributed by atoms with van der Waals surface area (Å²) >= 11 is 1.57. The van der Waals surface area contributed by atoms with Crippen LogP contribution >= 0.6 is 11.8 Å². The summed E-state index contributed by atoms with van der Waals surface area (Å²) in [5.74, 6) is 0.533. The number of benzene rings is 1. The van der Waals surface area contributed by atoms with Crippen molar-refractivity contribution in [1.29, 1.82) is 0 Å². The van der Waals surface area contributed by atoms with E-state index in [9.17, 15) is 26.4 Å². The standard InChI is InChI=1S/C19H20F3N5O3S2/c1-31-10-8-15(18-26-25-16-7-2-3-9-27(16)18)24-17(28)12-23-32(29,30)14-6-4-5-13(11-14)19(20,21)22/h2-7,9,11,15,23H,8,10,12H2,1H3,(H,24,28). The molecule has 3 rings (SSSR count). The van der Waals surface area contributed by atoms with Crippen LogP contribution in [0.5, 0.6) is 0 Å². The van der Waals surface area contributed by atoms with Crippen molar-refractivity contribution in [2.75, 3.05) is 18.6 Å². The van der Waals surface area contributed by atoms with Crippen LogP contribution in [0.2, 0.25) is 0 Å². The monoisotopic (exact) mass is 487 g/mol. The van der Waals surface area contributed by atoms with Crippen LogP contribution in [0.15, 0.2) is 53.6 Å². The zero-order valence-electron chi connectivity index (χ0n) is 16.8. The number of fused-ring (bicyclic) bond motifs is 1. The Morgan fingerprint density at radius 1 is 1.19 bits per heavy atom. The number of pyridine rings is 1. The fourth-order valence-electron chi connectivity index (χ4n) is 2.93. The number of halogens is 3. The van der Waals surface area contributed by atoms with E-state index < -0.39 is 45.2 Å². The van der Waals surface area contributed by atoms with Gasteiger partial charge in [-0.25, -0.2) is 13.1 Å². The molecule has 0 aliphatic rings. The van der Waals surface area contributed by atoms with Crippen LogP contribution < -0.4 is 10.0 Å². The third-order valence-corrected chi connectivity index (χ3v) is 6.53. The highest BCUT2D eigenvalue weighted by Crippen LogP contribution is 2.30. The first-order chi connectivity index (χ1) is 15.1. The number of carbonyl (C=O) groups is 1. The summed E-state index contributed by atoms with van der Waals surface area (Å²) in [6, 6.07) is 8.11. The Hall–Kier alpha value is -2.64. The maximum absolute atomic E-state index is 12.9. The zero-order valence-corrected chi connectivity index (χ0v) is 18.5. The highest BCUT2D eigenvalue weighted by Gasteiger charge is 2.31. The van der Waals surface area contributed by atoms with Crippen molar-refractivity contribution in [3.8, 4) is 0 Å². The van der Waals surface area contributed by atoms with Gasteiger partial charge in [0.25, 0.3) is 0 Å². The van der Waals surface area contributed by atoms with Crippen LogP contribution in [-0.4, -0.2) is 47.5 Å². The number of aromatic nitrogens is 3. The van der Waals surface area contributed by atoms with Crippen LogP contribution in [0.4, 0.5) is 13.2 Å². The van der Waals surface area contributed by atoms with E-state index in [1.54, 1.807) is 40.6 Å². The molecule has 8 nitrogen and oxygen atoms in total. The number of rotatable bonds is 9. The first kappa shape index (κ1) is 24.0. The molecule has 1 amide bonds. The van der Waals surface area contributed by atoms with Gasteiger partial charge in [0.05, 0.1) is 23.0 Å². The molecule has 13 heteroatoms. The van der Waals surface area contributed by atoms with Crippen LogP contribution in [0.1, 0.15) is 23.9 Å². The number of carbonyl (C=O) groups excluding carboxylic acids is 1. The Morgan fingerprint density at radius 3 is 2.69 bits per heavy atom. The molecule has 0 bridgehead atoms. The molecule has 0 saturated heterocycles. The predicted molar refractivity (Wildman–Crippen MR) is 114 cm³/mol. The number of hydrogen-bond acceptors (Lipinski definition) is 6. The number of sulfonamides is 1. The second-order valence-electron chi connectivity index (χ2n) is 6.74. The summed E-state index contributed by atoms with van der Waals surface area (Å²) in [5.41, 5.74) is -0.503. The minimum atomic E-state index is -4.69. The van der Waals surface area contributed by atoms with Gasteiger partial charge in [0.15, 0.2) is 11.5 Å². The Kier molecular flexibility index (Phi) is 7.41. The highest BCUT2D eigenvalue weighted by atomic mass is 32.2. The molecule has 2 heterocycles. The highest BCUT2D eigenvalue weighted by molar-refractivity contribution is 7.98. The van der Waals surface area contributed by atoms with Gasteiger partial charge >= 0.3 is 6.18 Å². The molecule has 0 aliphatic carbocycles. The lowest BCUT2D eigenvalue weighted by molar-refractivity contribution is -0.137. The van der Waals surface area contributed by atoms with Gasteiger partial charge in [0, 0.05) is 6.20 Å². The number of nitrogens with one attached hydrogen (secondary N) is 2. The molecule has 32 heavy (non-hydrogen) atoms. The fraction of sp³-hybridized carbons (Fsp3) is 0.316. The van der Waals surface area contributed by atoms with E-state index in [1.165, 1.54) is 0 Å². The fourth-order valence-corrected chi connectivity index (χ4v) is 4.43. The molecule has 0 saturated carbocycles. The molecule has 1 unspecified atom stereocenters. The normalized spacial score (nSPS) is 13.2. The second-order valence-corrected chi connectivity index (χ2v) is 9.49. The molecule has 2 aromatic heterocycles. The number of hydrogen-bond donors (Lipinski definition) is 2. The largest absolute Gasteiger partial charge is 0.416 e. The van der Waals surface area contributed by atoms with E-state index in [2.05, 4.69) is 15.5 Å². The summed E-state index contributed by atoms with van der Waals surface area (Å²) < 4.78 is 67.1. The molecule has 1 atom stereocenters. The van der Waals surface area contributed by atoms with Gasteiger partial charge < -0.3 is 5.32 Å². The summed E-state index contributed by atoms with van der Waals surface area (Å²) in [6.45, 7) is -0.648. The van der Waals surface area contributed by atoms with Gasteiger partial charge in [0.2, 0.25) is 15.9 Å². The summed E-state index contributed by atoms with van der Waals surface area (Å²) in [6.07, 6.45) is -0.513.